The third-order valence-corrected chi connectivity index (χ3v) is 1.66. The minimum atomic E-state index is 0.322. The second kappa shape index (κ2) is 9.02. The summed E-state index contributed by atoms with van der Waals surface area (Å²) in [5, 5.41) is 9.79. The number of rotatable bonds is 4. The van der Waals surface area contributed by atoms with Gasteiger partial charge in [-0.15, -0.1) is 0 Å². The second-order valence-electron chi connectivity index (χ2n) is 3.03. The second-order valence-corrected chi connectivity index (χ2v) is 3.03. The molecule has 0 bridgehead atoms. The summed E-state index contributed by atoms with van der Waals surface area (Å²) in [5.74, 6) is 5.45. The largest absolute Gasteiger partial charge is 0.508 e. The molecule has 15 heavy (non-hydrogen) atoms. The molecule has 0 saturated carbocycles. The highest BCUT2D eigenvalue weighted by molar-refractivity contribution is 5.45. The maximum atomic E-state index is 9.81. The van der Waals surface area contributed by atoms with Crippen molar-refractivity contribution < 1.29 is 9.90 Å². The maximum Gasteiger partial charge on any atom is 0.223 e. The van der Waals surface area contributed by atoms with E-state index in [1.54, 1.807) is 24.3 Å². The van der Waals surface area contributed by atoms with Gasteiger partial charge in [0.2, 0.25) is 6.41 Å². The molecule has 0 aliphatic heterocycles. The lowest BCUT2D eigenvalue weighted by molar-refractivity contribution is -0.118. The molecule has 0 unspecified atom stereocenters. The van der Waals surface area contributed by atoms with Crippen LogP contribution in [0.25, 0.3) is 0 Å². The van der Waals surface area contributed by atoms with Crippen molar-refractivity contribution >= 4 is 6.41 Å². The summed E-state index contributed by atoms with van der Waals surface area (Å²) in [4.78, 5) is 9.81. The Labute approximate surface area is 90.3 Å². The first-order valence-corrected chi connectivity index (χ1v) is 4.91. The highest BCUT2D eigenvalue weighted by Crippen LogP contribution is 2.02. The molecule has 0 aromatic heterocycles. The van der Waals surface area contributed by atoms with Crippen LogP contribution in [-0.2, 0) is 4.79 Å². The zero-order valence-corrected chi connectivity index (χ0v) is 8.97. The normalized spacial score (nSPS) is 8.67. The molecule has 0 aliphatic rings. The fraction of sp³-hybridized carbons (Fsp3) is 0.364. The van der Waals surface area contributed by atoms with Crippen molar-refractivity contribution in [3.8, 4) is 5.75 Å². The summed E-state index contributed by atoms with van der Waals surface area (Å²) >= 11 is 0. The lowest BCUT2D eigenvalue weighted by Gasteiger charge is -2.06. The summed E-state index contributed by atoms with van der Waals surface area (Å²) in [6.45, 7) is 2.72. The maximum absolute atomic E-state index is 9.81. The van der Waals surface area contributed by atoms with Gasteiger partial charge >= 0.3 is 0 Å². The van der Waals surface area contributed by atoms with Crippen LogP contribution in [0.1, 0.15) is 19.8 Å². The van der Waals surface area contributed by atoms with Gasteiger partial charge in [0.05, 0.1) is 0 Å². The molecule has 0 aliphatic carbocycles. The van der Waals surface area contributed by atoms with Crippen LogP contribution in [0.5, 0.6) is 5.75 Å². The smallest absolute Gasteiger partial charge is 0.223 e. The minimum absolute atomic E-state index is 0.322. The van der Waals surface area contributed by atoms with Crippen molar-refractivity contribution in [2.24, 2.45) is 5.84 Å². The predicted octanol–water partition coefficient (Wildman–Crippen LogP) is 1.51. The number of hydrogen-bond donors (Lipinski definition) is 2. The fourth-order valence-electron chi connectivity index (χ4n) is 0.821. The Bertz CT molecular complexity index is 252. The first-order valence-electron chi connectivity index (χ1n) is 4.91. The van der Waals surface area contributed by atoms with Crippen LogP contribution in [0, 0.1) is 0 Å². The van der Waals surface area contributed by atoms with E-state index in [1.165, 1.54) is 0 Å². The van der Waals surface area contributed by atoms with E-state index in [4.69, 9.17) is 10.9 Å². The number of carbonyl (C=O) groups is 1. The lowest BCUT2D eigenvalue weighted by atomic mass is 10.3. The summed E-state index contributed by atoms with van der Waals surface area (Å²) < 4.78 is 0. The Morgan fingerprint density at radius 1 is 1.40 bits per heavy atom. The fourth-order valence-corrected chi connectivity index (χ4v) is 0.821. The number of para-hydroxylation sites is 1. The average Bonchev–Trinajstić information content (AvgIpc) is 2.28. The topological polar surface area (TPSA) is 66.6 Å². The van der Waals surface area contributed by atoms with Crippen molar-refractivity contribution in [1.82, 2.24) is 5.01 Å². The Morgan fingerprint density at radius 3 is 2.33 bits per heavy atom. The van der Waals surface area contributed by atoms with E-state index in [1.807, 2.05) is 6.07 Å². The molecule has 1 aromatic carbocycles. The summed E-state index contributed by atoms with van der Waals surface area (Å²) in [6.07, 6.45) is 2.69. The Balaban J connectivity index is 0.000000262. The Kier molecular flexibility index (Phi) is 8.09. The number of unbranched alkanes of at least 4 members (excludes halogenated alkanes) is 1. The molecule has 0 spiro atoms. The third kappa shape index (κ3) is 8.77. The van der Waals surface area contributed by atoms with Gasteiger partial charge in [-0.3, -0.25) is 9.80 Å². The molecular weight excluding hydrogens is 192 g/mol. The molecule has 0 fully saturated rings. The van der Waals surface area contributed by atoms with Crippen molar-refractivity contribution in [2.75, 3.05) is 6.54 Å². The van der Waals surface area contributed by atoms with Crippen LogP contribution in [0.3, 0.4) is 0 Å². The van der Waals surface area contributed by atoms with Gasteiger partial charge in [-0.05, 0) is 18.6 Å². The van der Waals surface area contributed by atoms with E-state index in [0.29, 0.717) is 18.7 Å². The minimum Gasteiger partial charge on any atom is -0.508 e. The van der Waals surface area contributed by atoms with Crippen LogP contribution in [0.2, 0.25) is 0 Å². The van der Waals surface area contributed by atoms with Crippen LogP contribution >= 0.6 is 0 Å². The Hall–Kier alpha value is -1.55. The number of phenolic OH excluding ortho intramolecular Hbond substituents is 1. The average molecular weight is 210 g/mol. The standard InChI is InChI=1S/C6H6O.C5H12N2O/c7-6-4-2-1-3-5-6;1-2-3-4-7(6)5-8/h1-5,7H;5H,2-4,6H2,1H3. The van der Waals surface area contributed by atoms with Gasteiger partial charge in [0.25, 0.3) is 0 Å². The molecule has 0 atom stereocenters. The molecule has 1 aromatic rings. The molecule has 3 N–H and O–H groups in total. The van der Waals surface area contributed by atoms with Gasteiger partial charge in [0, 0.05) is 6.54 Å². The highest BCUT2D eigenvalue weighted by Gasteiger charge is 1.88. The van der Waals surface area contributed by atoms with Gasteiger partial charge in [-0.25, -0.2) is 5.84 Å². The summed E-state index contributed by atoms with van der Waals surface area (Å²) in [7, 11) is 0. The number of aromatic hydroxyl groups is 1. The monoisotopic (exact) mass is 210 g/mol. The zero-order chi connectivity index (χ0) is 11.5. The number of hydrogen-bond acceptors (Lipinski definition) is 3. The first-order chi connectivity index (χ1) is 7.20. The summed E-state index contributed by atoms with van der Waals surface area (Å²) in [6, 6.07) is 8.71. The van der Waals surface area contributed by atoms with Crippen LogP contribution < -0.4 is 5.84 Å². The lowest BCUT2D eigenvalue weighted by Crippen LogP contribution is -2.29. The highest BCUT2D eigenvalue weighted by atomic mass is 16.3. The summed E-state index contributed by atoms with van der Waals surface area (Å²) in [5.41, 5.74) is 0. The number of hydrazine groups is 1. The quantitative estimate of drug-likeness (QED) is 0.342. The number of amides is 1. The molecule has 0 saturated heterocycles. The van der Waals surface area contributed by atoms with Crippen LogP contribution in [-0.4, -0.2) is 23.1 Å². The van der Waals surface area contributed by atoms with E-state index in [-0.39, 0.29) is 0 Å². The molecule has 1 amide bonds. The molecule has 4 heteroatoms. The third-order valence-electron chi connectivity index (χ3n) is 1.66. The number of nitrogens with two attached hydrogens (primary N) is 1. The van der Waals surface area contributed by atoms with Crippen LogP contribution in [0.15, 0.2) is 30.3 Å². The van der Waals surface area contributed by atoms with E-state index in [9.17, 15) is 4.79 Å². The van der Waals surface area contributed by atoms with Crippen LogP contribution in [0.4, 0.5) is 0 Å². The zero-order valence-electron chi connectivity index (χ0n) is 8.97. The van der Waals surface area contributed by atoms with Crippen molar-refractivity contribution in [1.29, 1.82) is 0 Å². The molecule has 4 nitrogen and oxygen atoms in total. The molecule has 84 valence electrons. The van der Waals surface area contributed by atoms with Gasteiger partial charge in [-0.1, -0.05) is 31.5 Å². The van der Waals surface area contributed by atoms with Crippen molar-refractivity contribution in [3.05, 3.63) is 30.3 Å². The van der Waals surface area contributed by atoms with E-state index >= 15 is 0 Å². The first kappa shape index (κ1) is 13.4. The van der Waals surface area contributed by atoms with Gasteiger partial charge < -0.3 is 5.11 Å². The number of nitrogens with zero attached hydrogens (tertiary/aromatic N) is 1. The SMILES string of the molecule is CCCCN(N)C=O.Oc1ccccc1. The predicted molar refractivity (Wildman–Crippen MR) is 60.0 cm³/mol. The molecule has 1 rings (SSSR count). The van der Waals surface area contributed by atoms with Gasteiger partial charge in [0.15, 0.2) is 0 Å². The molecule has 0 heterocycles. The van der Waals surface area contributed by atoms with Crippen molar-refractivity contribution in [2.45, 2.75) is 19.8 Å². The Morgan fingerprint density at radius 2 is 2.00 bits per heavy atom. The van der Waals surface area contributed by atoms with Gasteiger partial charge in [0.1, 0.15) is 5.75 Å². The van der Waals surface area contributed by atoms with Crippen molar-refractivity contribution in [3.63, 3.8) is 0 Å². The van der Waals surface area contributed by atoms with Gasteiger partial charge in [-0.2, -0.15) is 0 Å². The molecule has 0 radical (unpaired) electrons. The molecular formula is C11H18N2O2. The van der Waals surface area contributed by atoms with E-state index in [2.05, 4.69) is 6.92 Å². The number of carbonyl (C=O) groups excluding carboxylic acids is 1. The number of phenols is 1. The van der Waals surface area contributed by atoms with E-state index < -0.39 is 0 Å². The number of benzene rings is 1. The van der Waals surface area contributed by atoms with E-state index in [0.717, 1.165) is 17.9 Å².